The van der Waals surface area contributed by atoms with E-state index in [4.69, 9.17) is 0 Å². The smallest absolute Gasteiger partial charge is 0.201 e. The van der Waals surface area contributed by atoms with Crippen LogP contribution in [0.25, 0.3) is 4.48 Å². The molecule has 1 aromatic carbocycles. The van der Waals surface area contributed by atoms with Crippen LogP contribution in [0, 0.1) is 0 Å². The second-order valence-electron chi connectivity index (χ2n) is 2.69. The molecule has 0 saturated carbocycles. The van der Waals surface area contributed by atoms with Gasteiger partial charge in [-0.15, -0.1) is 0 Å². The monoisotopic (exact) mass is 302 g/mol. The van der Waals surface area contributed by atoms with Crippen LogP contribution in [0.1, 0.15) is 15.9 Å². The molecule has 13 heavy (non-hydrogen) atoms. The Morgan fingerprint density at radius 3 is 2.46 bits per heavy atom. The lowest BCUT2D eigenvalue weighted by Crippen LogP contribution is -1.93. The van der Waals surface area contributed by atoms with E-state index in [1.54, 1.807) is 12.1 Å². The predicted octanol–water partition coefficient (Wildman–Crippen LogP) is 3.05. The molecule has 0 fully saturated rings. The van der Waals surface area contributed by atoms with Crippen molar-refractivity contribution in [2.75, 3.05) is 0 Å². The number of carbonyl (C=O) groups is 1. The number of fused-ring (bicyclic) bond motifs is 1. The minimum absolute atomic E-state index is 0.0993. The van der Waals surface area contributed by atoms with Gasteiger partial charge in [0.1, 0.15) is 5.75 Å². The molecule has 0 bridgehead atoms. The average molecular weight is 304 g/mol. The van der Waals surface area contributed by atoms with Crippen molar-refractivity contribution < 1.29 is 9.90 Å². The zero-order valence-electron chi connectivity index (χ0n) is 6.34. The van der Waals surface area contributed by atoms with Crippen LogP contribution in [0.2, 0.25) is 0 Å². The fourth-order valence-corrected chi connectivity index (χ4v) is 2.20. The zero-order valence-corrected chi connectivity index (χ0v) is 9.52. The minimum atomic E-state index is -0.0993. The molecule has 0 aromatic heterocycles. The summed E-state index contributed by atoms with van der Waals surface area (Å²) in [6.45, 7) is 0. The van der Waals surface area contributed by atoms with Crippen molar-refractivity contribution in [3.63, 3.8) is 0 Å². The molecular weight excluding hydrogens is 300 g/mol. The number of aromatic hydroxyl groups is 1. The van der Waals surface area contributed by atoms with Crippen molar-refractivity contribution in [2.45, 2.75) is 0 Å². The molecule has 0 heterocycles. The highest BCUT2D eigenvalue weighted by Gasteiger charge is 2.26. The number of Topliss-reactive ketones (excluding diaryl/α,β-unsaturated/α-hetero) is 1. The van der Waals surface area contributed by atoms with E-state index >= 15 is 0 Å². The number of rotatable bonds is 0. The van der Waals surface area contributed by atoms with Gasteiger partial charge in [0.05, 0.1) is 4.48 Å². The molecule has 4 heteroatoms. The van der Waals surface area contributed by atoms with Gasteiger partial charge >= 0.3 is 0 Å². The molecule has 0 unspecified atom stereocenters. The third kappa shape index (κ3) is 1.25. The van der Waals surface area contributed by atoms with E-state index in [9.17, 15) is 9.90 Å². The van der Waals surface area contributed by atoms with Crippen molar-refractivity contribution in [3.05, 3.63) is 33.8 Å². The van der Waals surface area contributed by atoms with Gasteiger partial charge in [-0.1, -0.05) is 0 Å². The van der Waals surface area contributed by atoms with Crippen molar-refractivity contribution in [1.29, 1.82) is 0 Å². The molecule has 1 aliphatic carbocycles. The maximum absolute atomic E-state index is 11.5. The number of phenols is 1. The molecule has 0 saturated heterocycles. The van der Waals surface area contributed by atoms with E-state index < -0.39 is 0 Å². The maximum atomic E-state index is 11.5. The third-order valence-electron chi connectivity index (χ3n) is 1.88. The van der Waals surface area contributed by atoms with Crippen LogP contribution in [0.3, 0.4) is 0 Å². The minimum Gasteiger partial charge on any atom is -0.508 e. The molecule has 1 aromatic rings. The highest BCUT2D eigenvalue weighted by atomic mass is 79.9. The molecule has 2 nitrogen and oxygen atoms in total. The Balaban J connectivity index is 2.71. The first-order chi connectivity index (χ1) is 6.11. The number of hydrogen-bond acceptors (Lipinski definition) is 2. The number of allylic oxidation sites excluding steroid dienone is 1. The fraction of sp³-hybridized carbons (Fsp3) is 0. The number of carbonyl (C=O) groups excluding carboxylic acids is 1. The van der Waals surface area contributed by atoms with Crippen LogP contribution in [0.4, 0.5) is 0 Å². The summed E-state index contributed by atoms with van der Waals surface area (Å²) in [5.41, 5.74) is 1.34. The summed E-state index contributed by atoms with van der Waals surface area (Å²) in [4.78, 5) is 11.5. The summed E-state index contributed by atoms with van der Waals surface area (Å²) in [5, 5.41) is 9.19. The summed E-state index contributed by atoms with van der Waals surface area (Å²) < 4.78 is 1.25. The Morgan fingerprint density at radius 2 is 1.77 bits per heavy atom. The number of benzene rings is 1. The van der Waals surface area contributed by atoms with E-state index in [1.807, 2.05) is 0 Å². The first kappa shape index (κ1) is 8.97. The molecule has 66 valence electrons. The summed E-state index contributed by atoms with van der Waals surface area (Å²) in [7, 11) is 0. The lowest BCUT2D eigenvalue weighted by molar-refractivity contribution is 0.104. The third-order valence-corrected chi connectivity index (χ3v) is 3.99. The van der Waals surface area contributed by atoms with Gasteiger partial charge in [-0.25, -0.2) is 0 Å². The van der Waals surface area contributed by atoms with Gasteiger partial charge in [0.25, 0.3) is 0 Å². The van der Waals surface area contributed by atoms with E-state index in [0.29, 0.717) is 10.0 Å². The lowest BCUT2D eigenvalue weighted by Gasteiger charge is -1.98. The molecule has 0 radical (unpaired) electrons. The number of hydrogen-bond donors (Lipinski definition) is 1. The second kappa shape index (κ2) is 2.96. The van der Waals surface area contributed by atoms with Gasteiger partial charge < -0.3 is 5.11 Å². The van der Waals surface area contributed by atoms with Gasteiger partial charge in [0.15, 0.2) is 0 Å². The Morgan fingerprint density at radius 1 is 1.08 bits per heavy atom. The quantitative estimate of drug-likeness (QED) is 0.800. The summed E-state index contributed by atoms with van der Waals surface area (Å²) >= 11 is 6.47. The zero-order chi connectivity index (χ0) is 9.59. The first-order valence-corrected chi connectivity index (χ1v) is 5.13. The van der Waals surface area contributed by atoms with Crippen LogP contribution in [-0.2, 0) is 0 Å². The van der Waals surface area contributed by atoms with Crippen LogP contribution in [-0.4, -0.2) is 10.9 Å². The molecule has 0 aliphatic heterocycles. The van der Waals surface area contributed by atoms with Crippen molar-refractivity contribution >= 4 is 42.1 Å². The maximum Gasteiger partial charge on any atom is 0.201 e. The van der Waals surface area contributed by atoms with E-state index in [0.717, 1.165) is 10.0 Å². The largest absolute Gasteiger partial charge is 0.508 e. The van der Waals surface area contributed by atoms with Crippen molar-refractivity contribution in [1.82, 2.24) is 0 Å². The molecular formula is C9H4Br2O2. The molecule has 2 rings (SSSR count). The second-order valence-corrected chi connectivity index (χ2v) is 4.27. The standard InChI is InChI=1S/C9H4Br2O2/c10-7-5-2-1-4(12)3-6(5)9(13)8(7)11/h1-3,12H. The predicted molar refractivity (Wildman–Crippen MR) is 57.2 cm³/mol. The Hall–Kier alpha value is -0.610. The Labute approximate surface area is 91.5 Å². The van der Waals surface area contributed by atoms with Crippen molar-refractivity contribution in [3.8, 4) is 5.75 Å². The number of ketones is 1. The van der Waals surface area contributed by atoms with Crippen LogP contribution in [0.15, 0.2) is 22.7 Å². The van der Waals surface area contributed by atoms with Crippen molar-refractivity contribution in [2.24, 2.45) is 0 Å². The Bertz CT molecular complexity index is 435. The first-order valence-electron chi connectivity index (χ1n) is 3.54. The average Bonchev–Trinajstić information content (AvgIpc) is 2.32. The van der Waals surface area contributed by atoms with E-state index in [2.05, 4.69) is 31.9 Å². The van der Waals surface area contributed by atoms with Crippen LogP contribution < -0.4 is 0 Å². The van der Waals surface area contributed by atoms with E-state index in [1.165, 1.54) is 6.07 Å². The van der Waals surface area contributed by atoms with E-state index in [-0.39, 0.29) is 11.5 Å². The molecule has 0 amide bonds. The van der Waals surface area contributed by atoms with Gasteiger partial charge in [-0.2, -0.15) is 0 Å². The number of halogens is 2. The van der Waals surface area contributed by atoms with Crippen LogP contribution in [0.5, 0.6) is 5.75 Å². The van der Waals surface area contributed by atoms with Gasteiger partial charge in [-0.05, 0) is 50.1 Å². The highest BCUT2D eigenvalue weighted by Crippen LogP contribution is 2.40. The summed E-state index contributed by atoms with van der Waals surface area (Å²) in [6.07, 6.45) is 0. The fourth-order valence-electron chi connectivity index (χ4n) is 1.25. The molecule has 0 spiro atoms. The number of phenolic OH excluding ortho intramolecular Hbond substituents is 1. The SMILES string of the molecule is O=C1C(Br)=C(Br)c2ccc(O)cc21. The highest BCUT2D eigenvalue weighted by molar-refractivity contribution is 9.16. The molecule has 1 N–H and O–H groups in total. The molecule has 0 atom stereocenters. The molecule has 1 aliphatic rings. The normalized spacial score (nSPS) is 15.1. The van der Waals surface area contributed by atoms with Gasteiger partial charge in [0.2, 0.25) is 5.78 Å². The van der Waals surface area contributed by atoms with Gasteiger partial charge in [0, 0.05) is 15.6 Å². The lowest BCUT2D eigenvalue weighted by atomic mass is 10.1. The summed E-state index contributed by atoms with van der Waals surface area (Å²) in [5.74, 6) is 0.00683. The topological polar surface area (TPSA) is 37.3 Å². The van der Waals surface area contributed by atoms with Gasteiger partial charge in [-0.3, -0.25) is 4.79 Å². The summed E-state index contributed by atoms with van der Waals surface area (Å²) in [6, 6.07) is 4.73. The van der Waals surface area contributed by atoms with Crippen LogP contribution >= 0.6 is 31.9 Å². The Kier molecular flexibility index (Phi) is 2.04.